The normalized spacial score (nSPS) is 11.1. The van der Waals surface area contributed by atoms with Gasteiger partial charge in [-0.05, 0) is 24.3 Å². The molecule has 1 aromatic heterocycles. The standard InChI is InChI=1S/C17H14N2O2/c1-19(13-7-3-2-4-8-13)17(20)12-11-16-18-14-9-5-6-10-15(14)21-16/h2-12H,1H3/b12-11+. The fourth-order valence-electron chi connectivity index (χ4n) is 1.99. The predicted molar refractivity (Wildman–Crippen MR) is 82.9 cm³/mol. The third kappa shape index (κ3) is 2.84. The number of benzene rings is 2. The van der Waals surface area contributed by atoms with Crippen LogP contribution in [0.4, 0.5) is 5.69 Å². The van der Waals surface area contributed by atoms with E-state index in [0.29, 0.717) is 11.5 Å². The molecule has 0 saturated heterocycles. The number of para-hydroxylation sites is 3. The van der Waals surface area contributed by atoms with Gasteiger partial charge in [-0.1, -0.05) is 30.3 Å². The van der Waals surface area contributed by atoms with Crippen LogP contribution in [0.2, 0.25) is 0 Å². The van der Waals surface area contributed by atoms with E-state index in [9.17, 15) is 4.79 Å². The molecule has 21 heavy (non-hydrogen) atoms. The van der Waals surface area contributed by atoms with Crippen LogP contribution in [0.5, 0.6) is 0 Å². The van der Waals surface area contributed by atoms with Gasteiger partial charge in [-0.15, -0.1) is 0 Å². The summed E-state index contributed by atoms with van der Waals surface area (Å²) in [5.41, 5.74) is 2.33. The Labute approximate surface area is 122 Å². The van der Waals surface area contributed by atoms with Crippen LogP contribution in [-0.4, -0.2) is 17.9 Å². The molecule has 0 aliphatic rings. The monoisotopic (exact) mass is 278 g/mol. The van der Waals surface area contributed by atoms with E-state index < -0.39 is 0 Å². The van der Waals surface area contributed by atoms with Crippen molar-refractivity contribution in [3.8, 4) is 0 Å². The molecule has 4 heteroatoms. The van der Waals surface area contributed by atoms with Crippen molar-refractivity contribution in [1.82, 2.24) is 4.98 Å². The van der Waals surface area contributed by atoms with Gasteiger partial charge in [0, 0.05) is 24.9 Å². The van der Waals surface area contributed by atoms with Crippen LogP contribution < -0.4 is 4.90 Å². The van der Waals surface area contributed by atoms with Crippen molar-refractivity contribution in [3.63, 3.8) is 0 Å². The van der Waals surface area contributed by atoms with Gasteiger partial charge in [0.1, 0.15) is 5.52 Å². The summed E-state index contributed by atoms with van der Waals surface area (Å²) in [7, 11) is 1.73. The first kappa shape index (κ1) is 13.1. The molecule has 1 amide bonds. The van der Waals surface area contributed by atoms with Crippen LogP contribution in [0.15, 0.2) is 65.1 Å². The van der Waals surface area contributed by atoms with E-state index in [1.54, 1.807) is 18.0 Å². The minimum absolute atomic E-state index is 0.136. The minimum Gasteiger partial charge on any atom is -0.437 e. The summed E-state index contributed by atoms with van der Waals surface area (Å²) in [4.78, 5) is 18.0. The van der Waals surface area contributed by atoms with Crippen molar-refractivity contribution in [3.05, 3.63) is 66.6 Å². The van der Waals surface area contributed by atoms with E-state index in [1.165, 1.54) is 6.08 Å². The molecule has 0 N–H and O–H groups in total. The van der Waals surface area contributed by atoms with Crippen LogP contribution in [0.25, 0.3) is 17.2 Å². The first-order valence-electron chi connectivity index (χ1n) is 6.60. The van der Waals surface area contributed by atoms with E-state index in [-0.39, 0.29) is 5.91 Å². The molecule has 0 atom stereocenters. The maximum absolute atomic E-state index is 12.1. The second kappa shape index (κ2) is 5.63. The van der Waals surface area contributed by atoms with Crippen LogP contribution in [0, 0.1) is 0 Å². The van der Waals surface area contributed by atoms with Gasteiger partial charge >= 0.3 is 0 Å². The van der Waals surface area contributed by atoms with Crippen molar-refractivity contribution in [1.29, 1.82) is 0 Å². The second-order valence-electron chi connectivity index (χ2n) is 4.59. The van der Waals surface area contributed by atoms with Gasteiger partial charge in [0.05, 0.1) is 0 Å². The Bertz CT molecular complexity index is 758. The largest absolute Gasteiger partial charge is 0.437 e. The molecule has 1 heterocycles. The van der Waals surface area contributed by atoms with Crippen molar-refractivity contribution >= 4 is 28.8 Å². The molecule has 0 spiro atoms. The number of amides is 1. The lowest BCUT2D eigenvalue weighted by Gasteiger charge is -2.14. The molecule has 0 aliphatic heterocycles. The number of likely N-dealkylation sites (N-methyl/N-ethyl adjacent to an activating group) is 1. The van der Waals surface area contributed by atoms with Crippen LogP contribution in [-0.2, 0) is 4.79 Å². The molecule has 3 rings (SSSR count). The minimum atomic E-state index is -0.136. The lowest BCUT2D eigenvalue weighted by Crippen LogP contribution is -2.23. The summed E-state index contributed by atoms with van der Waals surface area (Å²) in [6, 6.07) is 17.0. The molecular formula is C17H14N2O2. The number of carbonyl (C=O) groups excluding carboxylic acids is 1. The number of rotatable bonds is 3. The fraction of sp³-hybridized carbons (Fsp3) is 0.0588. The number of oxazole rings is 1. The Morgan fingerprint density at radius 1 is 1.10 bits per heavy atom. The highest BCUT2D eigenvalue weighted by molar-refractivity contribution is 6.03. The van der Waals surface area contributed by atoms with Gasteiger partial charge in [-0.2, -0.15) is 0 Å². The van der Waals surface area contributed by atoms with Crippen LogP contribution in [0.1, 0.15) is 5.89 Å². The molecule has 3 aromatic rings. The fourth-order valence-corrected chi connectivity index (χ4v) is 1.99. The van der Waals surface area contributed by atoms with Crippen LogP contribution in [0.3, 0.4) is 0 Å². The quantitative estimate of drug-likeness (QED) is 0.689. The summed E-state index contributed by atoms with van der Waals surface area (Å²) in [6.07, 6.45) is 3.04. The Hall–Kier alpha value is -2.88. The predicted octanol–water partition coefficient (Wildman–Crippen LogP) is 3.50. The van der Waals surface area contributed by atoms with Gasteiger partial charge in [-0.25, -0.2) is 4.98 Å². The number of fused-ring (bicyclic) bond motifs is 1. The van der Waals surface area contributed by atoms with Crippen molar-refractivity contribution < 1.29 is 9.21 Å². The molecule has 4 nitrogen and oxygen atoms in total. The summed E-state index contributed by atoms with van der Waals surface area (Å²) in [5, 5.41) is 0. The summed E-state index contributed by atoms with van der Waals surface area (Å²) < 4.78 is 5.54. The van der Waals surface area contributed by atoms with Crippen LogP contribution >= 0.6 is 0 Å². The van der Waals surface area contributed by atoms with Gasteiger partial charge in [0.25, 0.3) is 5.91 Å². The van der Waals surface area contributed by atoms with E-state index >= 15 is 0 Å². The molecule has 104 valence electrons. The Morgan fingerprint density at radius 3 is 2.57 bits per heavy atom. The molecule has 0 saturated carbocycles. The van der Waals surface area contributed by atoms with E-state index in [4.69, 9.17) is 4.42 Å². The van der Waals surface area contributed by atoms with Gasteiger partial charge in [-0.3, -0.25) is 4.79 Å². The smallest absolute Gasteiger partial charge is 0.250 e. The number of nitrogens with zero attached hydrogens (tertiary/aromatic N) is 2. The molecule has 0 unspecified atom stereocenters. The Kier molecular flexibility index (Phi) is 3.51. The number of hydrogen-bond acceptors (Lipinski definition) is 3. The molecular weight excluding hydrogens is 264 g/mol. The number of carbonyl (C=O) groups is 1. The van der Waals surface area contributed by atoms with E-state index in [1.807, 2.05) is 54.6 Å². The topological polar surface area (TPSA) is 46.3 Å². The summed E-state index contributed by atoms with van der Waals surface area (Å²) >= 11 is 0. The van der Waals surface area contributed by atoms with Gasteiger partial charge < -0.3 is 9.32 Å². The Balaban J connectivity index is 1.77. The number of hydrogen-bond donors (Lipinski definition) is 0. The van der Waals surface area contributed by atoms with E-state index in [2.05, 4.69) is 4.98 Å². The third-order valence-corrected chi connectivity index (χ3v) is 3.15. The highest BCUT2D eigenvalue weighted by Gasteiger charge is 2.07. The summed E-state index contributed by atoms with van der Waals surface area (Å²) in [6.45, 7) is 0. The van der Waals surface area contributed by atoms with Gasteiger partial charge in [0.15, 0.2) is 5.58 Å². The van der Waals surface area contributed by atoms with Crippen molar-refractivity contribution in [2.45, 2.75) is 0 Å². The highest BCUT2D eigenvalue weighted by atomic mass is 16.3. The second-order valence-corrected chi connectivity index (χ2v) is 4.59. The highest BCUT2D eigenvalue weighted by Crippen LogP contribution is 2.16. The van der Waals surface area contributed by atoms with Crippen molar-refractivity contribution in [2.24, 2.45) is 0 Å². The Morgan fingerprint density at radius 2 is 1.81 bits per heavy atom. The average Bonchev–Trinajstić information content (AvgIpc) is 2.95. The lowest BCUT2D eigenvalue weighted by atomic mass is 10.3. The van der Waals surface area contributed by atoms with Crippen molar-refractivity contribution in [2.75, 3.05) is 11.9 Å². The molecule has 0 radical (unpaired) electrons. The zero-order chi connectivity index (χ0) is 14.7. The zero-order valence-electron chi connectivity index (χ0n) is 11.6. The molecule has 0 bridgehead atoms. The average molecular weight is 278 g/mol. The third-order valence-electron chi connectivity index (χ3n) is 3.15. The molecule has 0 fully saturated rings. The maximum atomic E-state index is 12.1. The lowest BCUT2D eigenvalue weighted by molar-refractivity contribution is -0.113. The summed E-state index contributed by atoms with van der Waals surface area (Å²) in [5.74, 6) is 0.287. The first-order valence-corrected chi connectivity index (χ1v) is 6.60. The molecule has 0 aliphatic carbocycles. The first-order chi connectivity index (χ1) is 10.2. The van der Waals surface area contributed by atoms with Gasteiger partial charge in [0.2, 0.25) is 5.89 Å². The zero-order valence-corrected chi connectivity index (χ0v) is 11.6. The van der Waals surface area contributed by atoms with E-state index in [0.717, 1.165) is 11.2 Å². The number of aromatic nitrogens is 1. The molecule has 2 aromatic carbocycles. The number of anilines is 1. The SMILES string of the molecule is CN(C(=O)/C=C/c1nc2ccccc2o1)c1ccccc1. The maximum Gasteiger partial charge on any atom is 0.250 e.